The molecule has 1 fully saturated rings. The predicted octanol–water partition coefficient (Wildman–Crippen LogP) is 2.98. The number of aromatic nitrogens is 1. The van der Waals surface area contributed by atoms with E-state index in [0.29, 0.717) is 6.54 Å². The number of carbonyl (C=O) groups is 1. The third-order valence-electron chi connectivity index (χ3n) is 3.94. The monoisotopic (exact) mass is 276 g/mol. The molecule has 0 saturated heterocycles. The smallest absolute Gasteiger partial charge is 0.289 e. The van der Waals surface area contributed by atoms with Crippen molar-refractivity contribution in [2.45, 2.75) is 31.1 Å². The van der Waals surface area contributed by atoms with Crippen LogP contribution in [0.1, 0.15) is 41.8 Å². The minimum absolute atomic E-state index is 0.107. The summed E-state index contributed by atoms with van der Waals surface area (Å²) in [4.78, 5) is 11.9. The van der Waals surface area contributed by atoms with Gasteiger partial charge in [-0.1, -0.05) is 18.0 Å². The van der Waals surface area contributed by atoms with E-state index in [1.165, 1.54) is 24.6 Å². The molecule has 3 rings (SSSR count). The molecule has 4 nitrogen and oxygen atoms in total. The first-order chi connectivity index (χ1) is 9.30. The highest BCUT2D eigenvalue weighted by molar-refractivity contribution is 7.08. The highest BCUT2D eigenvalue weighted by Crippen LogP contribution is 2.41. The lowest BCUT2D eigenvalue weighted by Crippen LogP contribution is -2.38. The number of hydrogen-bond donors (Lipinski definition) is 1. The standard InChI is InChI=1S/C14H16N2O2S/c17-13(12-3-7-16-18-12)15-10-14(5-1-2-6-14)11-4-8-19-9-11/h3-4,7-9H,1-2,5-6,10H2,(H,15,17). The maximum atomic E-state index is 11.9. The van der Waals surface area contributed by atoms with E-state index in [2.05, 4.69) is 27.3 Å². The molecular weight excluding hydrogens is 260 g/mol. The van der Waals surface area contributed by atoms with Crippen LogP contribution in [0.4, 0.5) is 0 Å². The van der Waals surface area contributed by atoms with E-state index >= 15 is 0 Å². The summed E-state index contributed by atoms with van der Waals surface area (Å²) >= 11 is 1.72. The molecule has 5 heteroatoms. The first-order valence-electron chi connectivity index (χ1n) is 6.52. The Kier molecular flexibility index (Phi) is 3.38. The first-order valence-corrected chi connectivity index (χ1v) is 7.46. The van der Waals surface area contributed by atoms with Crippen LogP contribution in [0.5, 0.6) is 0 Å². The van der Waals surface area contributed by atoms with E-state index in [4.69, 9.17) is 4.52 Å². The molecule has 0 atom stereocenters. The zero-order valence-electron chi connectivity index (χ0n) is 10.6. The Balaban J connectivity index is 1.71. The Bertz CT molecular complexity index is 528. The lowest BCUT2D eigenvalue weighted by Gasteiger charge is -2.28. The molecule has 0 aromatic carbocycles. The number of rotatable bonds is 4. The van der Waals surface area contributed by atoms with E-state index in [0.717, 1.165) is 12.8 Å². The topological polar surface area (TPSA) is 55.1 Å². The van der Waals surface area contributed by atoms with Gasteiger partial charge in [-0.25, -0.2) is 0 Å². The summed E-state index contributed by atoms with van der Waals surface area (Å²) in [6.07, 6.45) is 6.22. The maximum Gasteiger partial charge on any atom is 0.289 e. The molecule has 0 spiro atoms. The second-order valence-corrected chi connectivity index (χ2v) is 5.84. The summed E-state index contributed by atoms with van der Waals surface area (Å²) in [7, 11) is 0. The maximum absolute atomic E-state index is 11.9. The molecule has 1 aliphatic rings. The number of thiophene rings is 1. The van der Waals surface area contributed by atoms with Gasteiger partial charge in [0.2, 0.25) is 5.76 Å². The van der Waals surface area contributed by atoms with Gasteiger partial charge in [-0.05, 0) is 35.2 Å². The zero-order valence-corrected chi connectivity index (χ0v) is 11.4. The molecular formula is C14H16N2O2S. The largest absolute Gasteiger partial charge is 0.351 e. The Hall–Kier alpha value is -1.62. The van der Waals surface area contributed by atoms with E-state index in [1.54, 1.807) is 17.4 Å². The van der Waals surface area contributed by atoms with Crippen molar-refractivity contribution in [3.63, 3.8) is 0 Å². The van der Waals surface area contributed by atoms with Crippen LogP contribution >= 0.6 is 11.3 Å². The minimum Gasteiger partial charge on any atom is -0.351 e. The van der Waals surface area contributed by atoms with E-state index < -0.39 is 0 Å². The zero-order chi connectivity index (χ0) is 13.1. The Morgan fingerprint density at radius 2 is 2.26 bits per heavy atom. The van der Waals surface area contributed by atoms with Gasteiger partial charge in [0.15, 0.2) is 0 Å². The predicted molar refractivity (Wildman–Crippen MR) is 73.3 cm³/mol. The van der Waals surface area contributed by atoms with Gasteiger partial charge < -0.3 is 9.84 Å². The van der Waals surface area contributed by atoms with Crippen molar-refractivity contribution in [2.24, 2.45) is 0 Å². The molecule has 2 aromatic rings. The van der Waals surface area contributed by atoms with Crippen molar-refractivity contribution in [2.75, 3.05) is 6.54 Å². The van der Waals surface area contributed by atoms with Gasteiger partial charge in [0.25, 0.3) is 5.91 Å². The fraction of sp³-hybridized carbons (Fsp3) is 0.429. The Labute approximate surface area is 115 Å². The summed E-state index contributed by atoms with van der Waals surface area (Å²) < 4.78 is 4.87. The normalized spacial score (nSPS) is 17.5. The Morgan fingerprint density at radius 3 is 2.89 bits per heavy atom. The molecule has 1 saturated carbocycles. The average Bonchev–Trinajstić information content (AvgIpc) is 3.16. The highest BCUT2D eigenvalue weighted by atomic mass is 32.1. The molecule has 1 N–H and O–H groups in total. The van der Waals surface area contributed by atoms with Crippen molar-refractivity contribution in [3.05, 3.63) is 40.4 Å². The summed E-state index contributed by atoms with van der Waals surface area (Å²) in [6.45, 7) is 0.670. The van der Waals surface area contributed by atoms with Crippen LogP contribution in [-0.2, 0) is 5.41 Å². The third kappa shape index (κ3) is 2.42. The van der Waals surface area contributed by atoms with Gasteiger partial charge in [-0.15, -0.1) is 0 Å². The molecule has 2 aromatic heterocycles. The average molecular weight is 276 g/mol. The van der Waals surface area contributed by atoms with E-state index in [1.807, 2.05) is 0 Å². The minimum atomic E-state index is -0.181. The lowest BCUT2D eigenvalue weighted by atomic mass is 9.80. The molecule has 100 valence electrons. The SMILES string of the molecule is O=C(NCC1(c2ccsc2)CCCC1)c1ccno1. The molecule has 19 heavy (non-hydrogen) atoms. The summed E-state index contributed by atoms with van der Waals surface area (Å²) in [6, 6.07) is 3.76. The van der Waals surface area contributed by atoms with Gasteiger partial charge in [0.1, 0.15) is 0 Å². The summed E-state index contributed by atoms with van der Waals surface area (Å²) in [5, 5.41) is 10.8. The number of nitrogens with one attached hydrogen (secondary N) is 1. The van der Waals surface area contributed by atoms with Crippen molar-refractivity contribution in [1.82, 2.24) is 10.5 Å². The van der Waals surface area contributed by atoms with Crippen molar-refractivity contribution in [1.29, 1.82) is 0 Å². The number of hydrogen-bond acceptors (Lipinski definition) is 4. The first kappa shape index (κ1) is 12.4. The number of amides is 1. The second kappa shape index (κ2) is 5.17. The van der Waals surface area contributed by atoms with Gasteiger partial charge >= 0.3 is 0 Å². The van der Waals surface area contributed by atoms with Gasteiger partial charge in [0.05, 0.1) is 6.20 Å². The van der Waals surface area contributed by atoms with Crippen LogP contribution in [0, 0.1) is 0 Å². The quantitative estimate of drug-likeness (QED) is 0.934. The van der Waals surface area contributed by atoms with E-state index in [9.17, 15) is 4.79 Å². The van der Waals surface area contributed by atoms with Gasteiger partial charge in [0, 0.05) is 18.0 Å². The molecule has 0 bridgehead atoms. The lowest BCUT2D eigenvalue weighted by molar-refractivity contribution is 0.0906. The van der Waals surface area contributed by atoms with Gasteiger partial charge in [-0.2, -0.15) is 11.3 Å². The van der Waals surface area contributed by atoms with Crippen LogP contribution in [-0.4, -0.2) is 17.6 Å². The highest BCUT2D eigenvalue weighted by Gasteiger charge is 2.36. The summed E-state index contributed by atoms with van der Waals surface area (Å²) in [5.41, 5.74) is 1.46. The van der Waals surface area contributed by atoms with Crippen molar-refractivity contribution >= 4 is 17.2 Å². The fourth-order valence-electron chi connectivity index (χ4n) is 2.86. The van der Waals surface area contributed by atoms with Crippen LogP contribution in [0.3, 0.4) is 0 Å². The molecule has 2 heterocycles. The van der Waals surface area contributed by atoms with Crippen LogP contribution in [0.2, 0.25) is 0 Å². The van der Waals surface area contributed by atoms with Gasteiger partial charge in [-0.3, -0.25) is 4.79 Å². The van der Waals surface area contributed by atoms with Crippen LogP contribution in [0.25, 0.3) is 0 Å². The van der Waals surface area contributed by atoms with Crippen LogP contribution in [0.15, 0.2) is 33.6 Å². The second-order valence-electron chi connectivity index (χ2n) is 5.06. The molecule has 0 unspecified atom stereocenters. The van der Waals surface area contributed by atoms with Crippen LogP contribution < -0.4 is 5.32 Å². The number of carbonyl (C=O) groups excluding carboxylic acids is 1. The Morgan fingerprint density at radius 1 is 1.42 bits per heavy atom. The fourth-order valence-corrected chi connectivity index (χ4v) is 3.63. The number of nitrogens with zero attached hydrogens (tertiary/aromatic N) is 1. The third-order valence-corrected chi connectivity index (χ3v) is 4.63. The molecule has 0 aliphatic heterocycles. The van der Waals surface area contributed by atoms with Crippen molar-refractivity contribution in [3.8, 4) is 0 Å². The van der Waals surface area contributed by atoms with Crippen molar-refractivity contribution < 1.29 is 9.32 Å². The van der Waals surface area contributed by atoms with E-state index in [-0.39, 0.29) is 17.1 Å². The molecule has 0 radical (unpaired) electrons. The molecule has 1 amide bonds. The summed E-state index contributed by atoms with van der Waals surface area (Å²) in [5.74, 6) is 0.0949. The molecule has 1 aliphatic carbocycles.